The van der Waals surface area contributed by atoms with Crippen LogP contribution in [0.5, 0.6) is 0 Å². The van der Waals surface area contributed by atoms with Crippen LogP contribution in [-0.4, -0.2) is 77.9 Å². The van der Waals surface area contributed by atoms with Gasteiger partial charge < -0.3 is 34.3 Å². The Kier molecular flexibility index (Phi) is 12.4. The second-order valence-corrected chi connectivity index (χ2v) is 5.78. The number of hydrogen-bond acceptors (Lipinski definition) is 13. The summed E-state index contributed by atoms with van der Waals surface area (Å²) in [4.78, 5) is 57.0. The third-order valence-electron chi connectivity index (χ3n) is 3.43. The zero-order valence-corrected chi connectivity index (χ0v) is 17.0. The highest BCUT2D eigenvalue weighted by Gasteiger charge is 2.56. The quantitative estimate of drug-likeness (QED) is 0.0820. The average molecular weight is 460 g/mol. The summed E-state index contributed by atoms with van der Waals surface area (Å²) in [6.07, 6.45) is -0.0848. The summed E-state index contributed by atoms with van der Waals surface area (Å²) in [6, 6.07) is 0. The molecule has 0 spiro atoms. The van der Waals surface area contributed by atoms with Crippen LogP contribution < -0.4 is 0 Å². The number of rotatable bonds is 16. The van der Waals surface area contributed by atoms with Crippen molar-refractivity contribution >= 4 is 23.9 Å². The van der Waals surface area contributed by atoms with E-state index in [4.69, 9.17) is 28.7 Å². The molecule has 0 heterocycles. The van der Waals surface area contributed by atoms with Gasteiger partial charge in [0.05, 0.1) is 31.8 Å². The van der Waals surface area contributed by atoms with Gasteiger partial charge in [-0.1, -0.05) is 26.3 Å². The van der Waals surface area contributed by atoms with Gasteiger partial charge >= 0.3 is 36.1 Å². The molecule has 0 fully saturated rings. The highest BCUT2D eigenvalue weighted by molar-refractivity contribution is 5.85. The van der Waals surface area contributed by atoms with Gasteiger partial charge in [-0.05, 0) is 0 Å². The Balaban J connectivity index is 6.30. The summed E-state index contributed by atoms with van der Waals surface area (Å²) in [6.45, 7) is 9.50. The Bertz CT molecular complexity index is 659. The first kappa shape index (κ1) is 28.6. The first-order valence-corrected chi connectivity index (χ1v) is 8.61. The predicted octanol–water partition coefficient (Wildman–Crippen LogP) is -1.21. The van der Waals surface area contributed by atoms with Gasteiger partial charge in [0.25, 0.3) is 0 Å². The number of ether oxygens (including phenoxy) is 4. The number of carbonyl (C=O) groups is 4. The van der Waals surface area contributed by atoms with E-state index in [-0.39, 0.29) is 0 Å². The molecule has 1 atom stereocenters. The summed E-state index contributed by atoms with van der Waals surface area (Å²) >= 11 is 0. The first-order valence-electron chi connectivity index (χ1n) is 8.61. The van der Waals surface area contributed by atoms with Gasteiger partial charge in [0, 0.05) is 24.3 Å². The molecule has 0 aliphatic heterocycles. The highest BCUT2D eigenvalue weighted by Crippen LogP contribution is 2.27. The lowest BCUT2D eigenvalue weighted by Crippen LogP contribution is -2.56. The largest absolute Gasteiger partial charge is 0.494 e. The third kappa shape index (κ3) is 8.41. The molecule has 0 aromatic heterocycles. The Morgan fingerprint density at radius 2 is 1.09 bits per heavy atom. The predicted molar refractivity (Wildman–Crippen MR) is 102 cm³/mol. The monoisotopic (exact) mass is 460 g/mol. The van der Waals surface area contributed by atoms with Gasteiger partial charge in [-0.3, -0.25) is 0 Å². The van der Waals surface area contributed by atoms with Crippen molar-refractivity contribution in [2.45, 2.75) is 12.3 Å². The summed E-state index contributed by atoms with van der Waals surface area (Å²) < 4.78 is 19.2. The van der Waals surface area contributed by atoms with Crippen molar-refractivity contribution in [3.63, 3.8) is 0 Å². The molecule has 0 rings (SSSR count). The maximum Gasteiger partial charge on any atom is 0.494 e. The van der Waals surface area contributed by atoms with E-state index in [2.05, 4.69) is 26.3 Å². The van der Waals surface area contributed by atoms with Crippen molar-refractivity contribution in [2.24, 2.45) is 5.41 Å². The SMILES string of the molecule is C=CC(=O)OC(OOCC(CO)(CO)CO)C(OC(=O)C=C)(OC(=O)C=C)OC(=O)C=C. The van der Waals surface area contributed by atoms with Crippen LogP contribution in [-0.2, 0) is 47.9 Å². The van der Waals surface area contributed by atoms with Crippen molar-refractivity contribution in [1.29, 1.82) is 0 Å². The molecule has 0 saturated carbocycles. The van der Waals surface area contributed by atoms with E-state index in [1.54, 1.807) is 0 Å². The summed E-state index contributed by atoms with van der Waals surface area (Å²) in [5, 5.41) is 28.0. The van der Waals surface area contributed by atoms with Gasteiger partial charge in [0.2, 0.25) is 0 Å². The van der Waals surface area contributed by atoms with Crippen LogP contribution in [0.4, 0.5) is 0 Å². The molecule has 178 valence electrons. The van der Waals surface area contributed by atoms with Crippen LogP contribution in [0.2, 0.25) is 0 Å². The second-order valence-electron chi connectivity index (χ2n) is 5.78. The molecule has 0 aliphatic carbocycles. The Morgan fingerprint density at radius 3 is 1.41 bits per heavy atom. The van der Waals surface area contributed by atoms with E-state index < -0.39 is 68.0 Å². The number of esters is 4. The Hall–Kier alpha value is -3.36. The van der Waals surface area contributed by atoms with E-state index in [9.17, 15) is 34.5 Å². The van der Waals surface area contributed by atoms with E-state index >= 15 is 0 Å². The molecule has 0 saturated heterocycles. The summed E-state index contributed by atoms with van der Waals surface area (Å²) in [7, 11) is 0. The van der Waals surface area contributed by atoms with Crippen molar-refractivity contribution in [3.8, 4) is 0 Å². The van der Waals surface area contributed by atoms with E-state index in [1.165, 1.54) is 0 Å². The standard InChI is InChI=1S/C19H24O13/c1-5-13(23)28-17(32-27-12-18(9-20,10-21)11-22)19(29-14(24)6-2,30-15(25)7-3)31-16(26)8-4/h5-8,17,20-22H,1-4,9-12H2. The molecule has 13 heteroatoms. The molecule has 0 aromatic rings. The Morgan fingerprint density at radius 1 is 0.719 bits per heavy atom. The zero-order valence-electron chi connectivity index (χ0n) is 17.0. The molecular weight excluding hydrogens is 436 g/mol. The maximum atomic E-state index is 11.9. The van der Waals surface area contributed by atoms with Crippen LogP contribution in [0.1, 0.15) is 0 Å². The minimum absolute atomic E-state index is 0.583. The number of aliphatic hydroxyl groups is 3. The maximum absolute atomic E-state index is 11.9. The molecule has 3 N–H and O–H groups in total. The molecular formula is C19H24O13. The van der Waals surface area contributed by atoms with Crippen LogP contribution in [0, 0.1) is 5.41 Å². The smallest absolute Gasteiger partial charge is 0.417 e. The topological polar surface area (TPSA) is 184 Å². The number of carbonyl (C=O) groups excluding carboxylic acids is 4. The fourth-order valence-electron chi connectivity index (χ4n) is 1.56. The lowest BCUT2D eigenvalue weighted by molar-refractivity contribution is -0.477. The van der Waals surface area contributed by atoms with Crippen LogP contribution >= 0.6 is 0 Å². The molecule has 13 nitrogen and oxygen atoms in total. The normalized spacial score (nSPS) is 12.0. The van der Waals surface area contributed by atoms with E-state index in [0.717, 1.165) is 0 Å². The molecule has 0 aromatic carbocycles. The number of aliphatic hydroxyl groups excluding tert-OH is 3. The van der Waals surface area contributed by atoms with Gasteiger partial charge in [-0.15, -0.1) is 0 Å². The fraction of sp³-hybridized carbons (Fsp3) is 0.368. The van der Waals surface area contributed by atoms with Crippen molar-refractivity contribution < 1.29 is 63.2 Å². The number of hydrogen-bond donors (Lipinski definition) is 3. The Labute approximate surface area is 182 Å². The molecule has 0 aliphatic rings. The van der Waals surface area contributed by atoms with Crippen molar-refractivity contribution in [2.75, 3.05) is 26.4 Å². The molecule has 0 amide bonds. The van der Waals surface area contributed by atoms with Crippen molar-refractivity contribution in [3.05, 3.63) is 50.6 Å². The molecule has 1 unspecified atom stereocenters. The lowest BCUT2D eigenvalue weighted by Gasteiger charge is -2.34. The van der Waals surface area contributed by atoms with Crippen LogP contribution in [0.3, 0.4) is 0 Å². The van der Waals surface area contributed by atoms with Gasteiger partial charge in [-0.2, -0.15) is 4.89 Å². The van der Waals surface area contributed by atoms with Gasteiger partial charge in [0.15, 0.2) is 0 Å². The fourth-order valence-corrected chi connectivity index (χ4v) is 1.56. The van der Waals surface area contributed by atoms with Crippen LogP contribution in [0.25, 0.3) is 0 Å². The van der Waals surface area contributed by atoms with Gasteiger partial charge in [0.1, 0.15) is 0 Å². The summed E-state index contributed by atoms with van der Waals surface area (Å²) in [5.41, 5.74) is -1.62. The first-order chi connectivity index (χ1) is 15.1. The average Bonchev–Trinajstić information content (AvgIpc) is 2.80. The van der Waals surface area contributed by atoms with E-state index in [0.29, 0.717) is 24.3 Å². The van der Waals surface area contributed by atoms with Crippen LogP contribution in [0.15, 0.2) is 50.6 Å². The lowest BCUT2D eigenvalue weighted by atomic mass is 9.93. The highest BCUT2D eigenvalue weighted by atomic mass is 17.2. The molecule has 0 bridgehead atoms. The van der Waals surface area contributed by atoms with E-state index in [1.807, 2.05) is 0 Å². The third-order valence-corrected chi connectivity index (χ3v) is 3.43. The second kappa shape index (κ2) is 13.8. The van der Waals surface area contributed by atoms with Crippen molar-refractivity contribution in [1.82, 2.24) is 0 Å². The minimum atomic E-state index is -3.25. The minimum Gasteiger partial charge on any atom is -0.417 e. The molecule has 0 radical (unpaired) electrons. The van der Waals surface area contributed by atoms with Gasteiger partial charge in [-0.25, -0.2) is 24.1 Å². The zero-order chi connectivity index (χ0) is 24.8. The summed E-state index contributed by atoms with van der Waals surface area (Å²) in [5.74, 6) is -8.51. The molecule has 32 heavy (non-hydrogen) atoms.